The topological polar surface area (TPSA) is 85.9 Å². The summed E-state index contributed by atoms with van der Waals surface area (Å²) >= 11 is 0. The molecule has 5 rings (SSSR count). The number of rotatable bonds is 6. The lowest BCUT2D eigenvalue weighted by molar-refractivity contribution is 0.311. The van der Waals surface area contributed by atoms with Crippen LogP contribution in [0.25, 0.3) is 5.57 Å². The zero-order valence-electron chi connectivity index (χ0n) is 19.3. The van der Waals surface area contributed by atoms with E-state index in [1.165, 1.54) is 12.1 Å². The molecule has 1 aromatic carbocycles. The maximum Gasteiger partial charge on any atom is 0.234 e. The van der Waals surface area contributed by atoms with Crippen LogP contribution in [0.1, 0.15) is 11.3 Å². The van der Waals surface area contributed by atoms with Gasteiger partial charge in [0.1, 0.15) is 17.4 Å². The van der Waals surface area contributed by atoms with Crippen LogP contribution in [0.5, 0.6) is 0 Å². The second-order valence-corrected chi connectivity index (χ2v) is 8.51. The highest BCUT2D eigenvalue weighted by atomic mass is 19.1. The van der Waals surface area contributed by atoms with Crippen LogP contribution in [0, 0.1) is 5.82 Å². The largest absolute Gasteiger partial charge is 0.465 e. The predicted octanol–water partition coefficient (Wildman–Crippen LogP) is 2.90. The molecule has 1 fully saturated rings. The third kappa shape index (κ3) is 5.07. The normalized spacial score (nSPS) is 16.4. The Kier molecular flexibility index (Phi) is 6.22. The lowest BCUT2D eigenvalue weighted by Crippen LogP contribution is -2.45. The van der Waals surface area contributed by atoms with Crippen molar-refractivity contribution in [1.82, 2.24) is 19.9 Å². The van der Waals surface area contributed by atoms with Gasteiger partial charge in [0.15, 0.2) is 0 Å². The molecule has 0 spiro atoms. The highest BCUT2D eigenvalue weighted by Crippen LogP contribution is 2.22. The van der Waals surface area contributed by atoms with E-state index in [4.69, 9.17) is 14.4 Å². The molecule has 2 aliphatic rings. The van der Waals surface area contributed by atoms with E-state index in [0.717, 1.165) is 43.1 Å². The number of nitrogens with one attached hydrogen (secondary N) is 1. The number of aliphatic imine (C=N–C) groups is 1. The summed E-state index contributed by atoms with van der Waals surface area (Å²) in [6, 6.07) is 10.2. The molecule has 1 N–H and O–H groups in total. The van der Waals surface area contributed by atoms with E-state index in [9.17, 15) is 4.39 Å². The number of hydrogen-bond donors (Lipinski definition) is 1. The summed E-state index contributed by atoms with van der Waals surface area (Å²) < 4.78 is 18.8. The minimum atomic E-state index is -0.255. The van der Waals surface area contributed by atoms with Gasteiger partial charge in [0.25, 0.3) is 0 Å². The van der Waals surface area contributed by atoms with Gasteiger partial charge >= 0.3 is 0 Å². The van der Waals surface area contributed by atoms with E-state index < -0.39 is 0 Å². The summed E-state index contributed by atoms with van der Waals surface area (Å²) in [5.74, 6) is 2.81. The van der Waals surface area contributed by atoms with E-state index in [-0.39, 0.29) is 5.82 Å². The number of aromatic nitrogens is 3. The third-order valence-corrected chi connectivity index (χ3v) is 5.88. The van der Waals surface area contributed by atoms with Crippen molar-refractivity contribution in [3.8, 4) is 0 Å². The number of nitrogens with zero attached hydrogens (tertiary/aromatic N) is 7. The van der Waals surface area contributed by atoms with Crippen LogP contribution < -0.4 is 15.1 Å². The molecule has 3 aromatic rings. The van der Waals surface area contributed by atoms with E-state index in [1.807, 2.05) is 30.2 Å². The van der Waals surface area contributed by atoms with Crippen molar-refractivity contribution in [3.63, 3.8) is 0 Å². The molecule has 1 saturated heterocycles. The number of halogens is 1. The van der Waals surface area contributed by atoms with Crippen LogP contribution in [-0.2, 0) is 6.54 Å². The Morgan fingerprint density at radius 2 is 1.85 bits per heavy atom. The zero-order chi connectivity index (χ0) is 23.5. The second-order valence-electron chi connectivity index (χ2n) is 8.51. The monoisotopic (exact) mass is 462 g/mol. The molecule has 2 aliphatic heterocycles. The molecule has 0 amide bonds. The molecule has 0 atom stereocenters. The van der Waals surface area contributed by atoms with Gasteiger partial charge in [-0.15, -0.1) is 0 Å². The van der Waals surface area contributed by atoms with Gasteiger partial charge in [-0.05, 0) is 43.0 Å². The first-order chi connectivity index (χ1) is 16.5. The molecule has 10 heteroatoms. The van der Waals surface area contributed by atoms with Gasteiger partial charge in [-0.3, -0.25) is 4.99 Å². The molecular weight excluding hydrogens is 435 g/mol. The van der Waals surface area contributed by atoms with Crippen molar-refractivity contribution in [2.75, 3.05) is 61.9 Å². The smallest absolute Gasteiger partial charge is 0.234 e. The van der Waals surface area contributed by atoms with Gasteiger partial charge in [0.2, 0.25) is 17.8 Å². The Morgan fingerprint density at radius 1 is 1.06 bits per heavy atom. The summed E-state index contributed by atoms with van der Waals surface area (Å²) in [5, 5.41) is 3.24. The maximum absolute atomic E-state index is 13.3. The Labute approximate surface area is 197 Å². The van der Waals surface area contributed by atoms with Gasteiger partial charge in [-0.2, -0.15) is 15.0 Å². The SMILES string of the molecule is CN1CCN(c2nc(NC3=NCC(c4ccco4)=C3)nc(N(C)Cc3ccc(F)cc3)n2)CC1. The maximum atomic E-state index is 13.3. The number of amidine groups is 1. The number of likely N-dealkylation sites (N-methyl/N-ethyl adjacent to an activating group) is 1. The molecule has 9 nitrogen and oxygen atoms in total. The fraction of sp³-hybridized carbons (Fsp3) is 0.333. The molecule has 0 bridgehead atoms. The molecule has 0 unspecified atom stereocenters. The van der Waals surface area contributed by atoms with Crippen molar-refractivity contribution in [2.45, 2.75) is 6.54 Å². The highest BCUT2D eigenvalue weighted by molar-refractivity contribution is 6.09. The molecule has 34 heavy (non-hydrogen) atoms. The summed E-state index contributed by atoms with van der Waals surface area (Å²) in [6.45, 7) is 4.63. The Bertz CT molecular complexity index is 1180. The van der Waals surface area contributed by atoms with Gasteiger partial charge in [0, 0.05) is 45.3 Å². The molecule has 0 radical (unpaired) electrons. The number of piperazine rings is 1. The van der Waals surface area contributed by atoms with Gasteiger partial charge < -0.3 is 24.4 Å². The molecule has 0 aliphatic carbocycles. The standard InChI is InChI=1S/C24H27FN8O/c1-31-9-11-33(12-10-31)24-29-22(27-21-14-18(15-26-21)20-4-3-13-34-20)28-23(30-24)32(2)16-17-5-7-19(25)8-6-17/h3-8,13-14H,9-12,15-16H2,1-2H3,(H,26,27,28,29,30). The fourth-order valence-corrected chi connectivity index (χ4v) is 3.89. The number of anilines is 3. The van der Waals surface area contributed by atoms with Crippen molar-refractivity contribution in [3.05, 3.63) is 65.9 Å². The van der Waals surface area contributed by atoms with E-state index in [1.54, 1.807) is 18.4 Å². The Hall–Kier alpha value is -3.79. The lowest BCUT2D eigenvalue weighted by Gasteiger charge is -2.32. The first kappa shape index (κ1) is 22.0. The quantitative estimate of drug-likeness (QED) is 0.599. The lowest BCUT2D eigenvalue weighted by atomic mass is 10.2. The fourth-order valence-electron chi connectivity index (χ4n) is 3.89. The van der Waals surface area contributed by atoms with Crippen LogP contribution in [0.2, 0.25) is 0 Å². The number of hydrogen-bond acceptors (Lipinski definition) is 9. The van der Waals surface area contributed by atoms with E-state index in [0.29, 0.717) is 36.8 Å². The summed E-state index contributed by atoms with van der Waals surface area (Å²) in [6.07, 6.45) is 3.60. The minimum absolute atomic E-state index is 0.255. The average Bonchev–Trinajstić information content (AvgIpc) is 3.53. The molecule has 2 aromatic heterocycles. The molecule has 4 heterocycles. The average molecular weight is 463 g/mol. The molecule has 0 saturated carbocycles. The predicted molar refractivity (Wildman–Crippen MR) is 131 cm³/mol. The third-order valence-electron chi connectivity index (χ3n) is 5.88. The summed E-state index contributed by atoms with van der Waals surface area (Å²) in [7, 11) is 4.03. The zero-order valence-corrected chi connectivity index (χ0v) is 19.3. The Balaban J connectivity index is 1.39. The number of benzene rings is 1. The first-order valence-corrected chi connectivity index (χ1v) is 11.2. The first-order valence-electron chi connectivity index (χ1n) is 11.2. The van der Waals surface area contributed by atoms with Gasteiger partial charge in [0.05, 0.1) is 12.8 Å². The van der Waals surface area contributed by atoms with Crippen molar-refractivity contribution in [2.24, 2.45) is 4.99 Å². The van der Waals surface area contributed by atoms with E-state index in [2.05, 4.69) is 32.1 Å². The van der Waals surface area contributed by atoms with Crippen LogP contribution >= 0.6 is 0 Å². The van der Waals surface area contributed by atoms with Crippen LogP contribution in [-0.4, -0.2) is 72.5 Å². The number of furan rings is 1. The summed E-state index contributed by atoms with van der Waals surface area (Å²) in [5.41, 5.74) is 1.96. The van der Waals surface area contributed by atoms with Crippen molar-refractivity contribution < 1.29 is 8.81 Å². The van der Waals surface area contributed by atoms with Crippen LogP contribution in [0.3, 0.4) is 0 Å². The second kappa shape index (κ2) is 9.60. The van der Waals surface area contributed by atoms with Gasteiger partial charge in [-0.25, -0.2) is 4.39 Å². The van der Waals surface area contributed by atoms with Crippen molar-refractivity contribution >= 4 is 29.3 Å². The molecule has 176 valence electrons. The van der Waals surface area contributed by atoms with E-state index >= 15 is 0 Å². The van der Waals surface area contributed by atoms with Crippen molar-refractivity contribution in [1.29, 1.82) is 0 Å². The minimum Gasteiger partial charge on any atom is -0.465 e. The summed E-state index contributed by atoms with van der Waals surface area (Å²) in [4.78, 5) is 25.0. The highest BCUT2D eigenvalue weighted by Gasteiger charge is 2.21. The Morgan fingerprint density at radius 3 is 2.59 bits per heavy atom. The van der Waals surface area contributed by atoms with Crippen LogP contribution in [0.15, 0.2) is 58.1 Å². The van der Waals surface area contributed by atoms with Crippen LogP contribution in [0.4, 0.5) is 22.2 Å². The molecular formula is C24H27FN8O. The van der Waals surface area contributed by atoms with Gasteiger partial charge in [-0.1, -0.05) is 12.1 Å².